The molecule has 0 aromatic heterocycles. The van der Waals surface area contributed by atoms with Crippen molar-refractivity contribution in [3.05, 3.63) is 0 Å². The topological polar surface area (TPSA) is 156 Å². The number of phosphoric acid groups is 1. The zero-order valence-electron chi connectivity index (χ0n) is 21.3. The first kappa shape index (κ1) is 32.8. The van der Waals surface area contributed by atoms with Crippen LogP contribution in [0.2, 0.25) is 0 Å². The molecule has 0 rings (SSSR count). The maximum atomic E-state index is 12.2. The van der Waals surface area contributed by atoms with Gasteiger partial charge in [0.1, 0.15) is 12.2 Å². The summed E-state index contributed by atoms with van der Waals surface area (Å²) < 4.78 is 21.5. The summed E-state index contributed by atoms with van der Waals surface area (Å²) in [6, 6.07) is 0. The molecule has 0 bridgehead atoms. The number of hydrogen-bond donors (Lipinski definition) is 4. The summed E-state index contributed by atoms with van der Waals surface area (Å²) in [5.41, 5.74) is -0.237. The molecular weight excluding hydrogens is 485 g/mol. The number of aliphatic hydroxyl groups excluding tert-OH is 1. The minimum atomic E-state index is -4.29. The van der Waals surface area contributed by atoms with E-state index in [1.54, 1.807) is 25.6 Å². The van der Waals surface area contributed by atoms with Crippen molar-refractivity contribution in [2.24, 2.45) is 10.6 Å². The van der Waals surface area contributed by atoms with Crippen LogP contribution in [0.25, 0.3) is 0 Å². The second kappa shape index (κ2) is 16.5. The quantitative estimate of drug-likeness (QED) is 0.0910. The fraction of sp³-hybridized carbons (Fsp3) is 0.857. The van der Waals surface area contributed by atoms with Gasteiger partial charge in [-0.05, 0) is 46.8 Å². The number of carbonyl (C=O) groups excluding carboxylic acids is 2. The fourth-order valence-corrected chi connectivity index (χ4v) is 4.27. The molecule has 0 fully saturated rings. The highest BCUT2D eigenvalue weighted by atomic mass is 32.2. The molecule has 0 aliphatic heterocycles. The van der Waals surface area contributed by atoms with Crippen LogP contribution in [-0.2, 0) is 28.0 Å². The van der Waals surface area contributed by atoms with E-state index in [2.05, 4.69) is 15.8 Å². The summed E-state index contributed by atoms with van der Waals surface area (Å²) >= 11 is 1.69. The van der Waals surface area contributed by atoms with E-state index in [1.165, 1.54) is 13.8 Å². The minimum absolute atomic E-state index is 0.0479. The molecule has 2 amide bonds. The predicted molar refractivity (Wildman–Crippen MR) is 134 cm³/mol. The van der Waals surface area contributed by atoms with Gasteiger partial charge in [0, 0.05) is 30.7 Å². The predicted octanol–water partition coefficient (Wildman–Crippen LogP) is 2.46. The average molecular weight is 528 g/mol. The van der Waals surface area contributed by atoms with Crippen LogP contribution in [0.3, 0.4) is 0 Å². The lowest BCUT2D eigenvalue weighted by Gasteiger charge is -2.30. The highest BCUT2D eigenvalue weighted by Crippen LogP contribution is 2.46. The van der Waals surface area contributed by atoms with Gasteiger partial charge in [0.05, 0.1) is 18.4 Å². The van der Waals surface area contributed by atoms with Crippen LogP contribution in [-0.4, -0.2) is 77.0 Å². The molecule has 4 N–H and O–H groups in total. The molecule has 0 aliphatic carbocycles. The second-order valence-electron chi connectivity index (χ2n) is 9.02. The van der Waals surface area contributed by atoms with Crippen LogP contribution in [0, 0.1) is 5.41 Å². The number of thioether (sulfide) groups is 1. The average Bonchev–Trinajstić information content (AvgIpc) is 2.71. The van der Waals surface area contributed by atoms with Gasteiger partial charge < -0.3 is 25.5 Å². The van der Waals surface area contributed by atoms with Gasteiger partial charge in [-0.3, -0.25) is 18.6 Å². The van der Waals surface area contributed by atoms with E-state index in [9.17, 15) is 24.2 Å². The van der Waals surface area contributed by atoms with Gasteiger partial charge in [0.2, 0.25) is 11.8 Å². The number of nitrogens with zero attached hydrogens (tertiary/aromatic N) is 1. The van der Waals surface area contributed by atoms with Crippen molar-refractivity contribution in [3.63, 3.8) is 0 Å². The number of carbonyl (C=O) groups is 2. The molecule has 0 saturated carbocycles. The first-order chi connectivity index (χ1) is 15.7. The van der Waals surface area contributed by atoms with Crippen LogP contribution in [0.5, 0.6) is 0 Å². The van der Waals surface area contributed by atoms with E-state index in [-0.39, 0.29) is 31.6 Å². The molecule has 0 aromatic rings. The number of rotatable bonds is 18. The zero-order chi connectivity index (χ0) is 26.4. The Balaban J connectivity index is 4.11. The molecule has 0 saturated heterocycles. The number of nitrogens with one attached hydrogen (secondary N) is 2. The van der Waals surface area contributed by atoms with Gasteiger partial charge in [-0.15, -0.1) is 0 Å². The van der Waals surface area contributed by atoms with E-state index in [0.717, 1.165) is 23.6 Å². The van der Waals surface area contributed by atoms with Gasteiger partial charge in [0.25, 0.3) is 0 Å². The minimum Gasteiger partial charge on any atom is -0.393 e. The fourth-order valence-electron chi connectivity index (χ4n) is 2.29. The first-order valence-electron chi connectivity index (χ1n) is 11.3. The summed E-state index contributed by atoms with van der Waals surface area (Å²) in [5.74, 6) is 0.703. The molecule has 13 heteroatoms. The Hall–Kier alpha value is -1.17. The van der Waals surface area contributed by atoms with Gasteiger partial charge in [-0.1, -0.05) is 19.0 Å². The van der Waals surface area contributed by atoms with Gasteiger partial charge in [-0.2, -0.15) is 11.8 Å². The number of phosphoric ester groups is 1. The highest BCUT2D eigenvalue weighted by molar-refractivity contribution is 7.99. The van der Waals surface area contributed by atoms with Gasteiger partial charge >= 0.3 is 7.82 Å². The third-order valence-electron chi connectivity index (χ3n) is 4.18. The van der Waals surface area contributed by atoms with Crippen LogP contribution in [0.1, 0.15) is 61.3 Å². The lowest BCUT2D eigenvalue weighted by Crippen LogP contribution is -2.46. The molecule has 0 aromatic carbocycles. The number of oxime groups is 1. The summed E-state index contributed by atoms with van der Waals surface area (Å²) in [7, 11) is -4.29. The molecule has 0 radical (unpaired) electrons. The van der Waals surface area contributed by atoms with Crippen molar-refractivity contribution in [3.8, 4) is 0 Å². The van der Waals surface area contributed by atoms with Crippen molar-refractivity contribution in [1.82, 2.24) is 10.6 Å². The largest absolute Gasteiger partial charge is 0.472 e. The molecule has 0 aliphatic rings. The molecule has 34 heavy (non-hydrogen) atoms. The van der Waals surface area contributed by atoms with Gasteiger partial charge in [0.15, 0.2) is 0 Å². The van der Waals surface area contributed by atoms with Crippen LogP contribution >= 0.6 is 19.6 Å². The van der Waals surface area contributed by atoms with Crippen molar-refractivity contribution >= 4 is 37.1 Å². The Morgan fingerprint density at radius 1 is 1.06 bits per heavy atom. The summed E-state index contributed by atoms with van der Waals surface area (Å²) in [5, 5.41) is 19.6. The van der Waals surface area contributed by atoms with E-state index < -0.39 is 31.4 Å². The third-order valence-corrected chi connectivity index (χ3v) is 6.31. The molecule has 11 nitrogen and oxygen atoms in total. The van der Waals surface area contributed by atoms with Crippen molar-refractivity contribution < 1.29 is 38.0 Å². The van der Waals surface area contributed by atoms with Crippen LogP contribution < -0.4 is 10.6 Å². The number of amides is 2. The Morgan fingerprint density at radius 2 is 1.71 bits per heavy atom. The van der Waals surface area contributed by atoms with E-state index in [4.69, 9.17) is 13.9 Å². The Bertz CT molecular complexity index is 704. The molecule has 0 spiro atoms. The van der Waals surface area contributed by atoms with E-state index >= 15 is 0 Å². The summed E-state index contributed by atoms with van der Waals surface area (Å²) in [6.45, 7) is 12.1. The van der Waals surface area contributed by atoms with Crippen LogP contribution in [0.15, 0.2) is 5.16 Å². The lowest BCUT2D eigenvalue weighted by molar-refractivity contribution is -0.137. The highest BCUT2D eigenvalue weighted by Gasteiger charge is 2.37. The normalized spacial score (nSPS) is 15.2. The number of aliphatic hydroxyl groups is 1. The Labute approximate surface area is 207 Å². The Kier molecular flexibility index (Phi) is 15.9. The van der Waals surface area contributed by atoms with Crippen molar-refractivity contribution in [2.75, 3.05) is 31.2 Å². The van der Waals surface area contributed by atoms with Crippen LogP contribution in [0.4, 0.5) is 0 Å². The monoisotopic (exact) mass is 527 g/mol. The first-order valence-corrected chi connectivity index (χ1v) is 14.0. The van der Waals surface area contributed by atoms with E-state index in [1.807, 2.05) is 20.8 Å². The second-order valence-corrected chi connectivity index (χ2v) is 11.7. The molecule has 0 heterocycles. The lowest BCUT2D eigenvalue weighted by atomic mass is 9.87. The van der Waals surface area contributed by atoms with Crippen molar-refractivity contribution in [2.45, 2.75) is 79.6 Å². The maximum Gasteiger partial charge on any atom is 0.472 e. The summed E-state index contributed by atoms with van der Waals surface area (Å²) in [6.07, 6.45) is -1.11. The smallest absolute Gasteiger partial charge is 0.393 e. The SMILES string of the molecule is C/C(CCSCCNC(=O)CCNC(=O)C(O)C(C)(C)COP(=O)(O)OC(C)C)=N\OC(C)C. The zero-order valence-corrected chi connectivity index (χ0v) is 23.0. The van der Waals surface area contributed by atoms with Gasteiger partial charge in [-0.25, -0.2) is 4.57 Å². The maximum absolute atomic E-state index is 12.2. The van der Waals surface area contributed by atoms with E-state index in [0.29, 0.717) is 6.54 Å². The van der Waals surface area contributed by atoms with Crippen molar-refractivity contribution in [1.29, 1.82) is 0 Å². The summed E-state index contributed by atoms with van der Waals surface area (Å²) in [4.78, 5) is 38.9. The third kappa shape index (κ3) is 16.5. The molecule has 200 valence electrons. The number of hydrogen-bond acceptors (Lipinski definition) is 9. The standard InChI is InChI=1S/C21H42N3O8PS/c1-15(2)31-24-17(5)9-12-34-13-11-22-18(25)8-10-23-20(27)19(26)21(6,7)14-30-33(28,29)32-16(3)4/h15-16,19,26H,8-14H2,1-7H3,(H,22,25)(H,23,27)(H,28,29)/b24-17+. The Morgan fingerprint density at radius 3 is 2.29 bits per heavy atom. The molecular formula is C21H42N3O8PS. The molecule has 2 unspecified atom stereocenters. The molecule has 2 atom stereocenters.